The number of thioether (sulfide) groups is 1. The molecule has 5 nitrogen and oxygen atoms in total. The molecule has 2 heterocycles. The van der Waals surface area contributed by atoms with Crippen LogP contribution in [-0.4, -0.2) is 19.3 Å². The summed E-state index contributed by atoms with van der Waals surface area (Å²) in [7, 11) is 0. The van der Waals surface area contributed by atoms with E-state index in [0.29, 0.717) is 23.5 Å². The number of hydrogen-bond donors (Lipinski definition) is 0. The van der Waals surface area contributed by atoms with Gasteiger partial charge in [0.05, 0.1) is 27.3 Å². The Morgan fingerprint density at radius 3 is 2.45 bits per heavy atom. The molecule has 0 saturated carbocycles. The summed E-state index contributed by atoms with van der Waals surface area (Å²) in [5, 5.41) is 6.60. The van der Waals surface area contributed by atoms with Crippen molar-refractivity contribution < 1.29 is 0 Å². The smallest absolute Gasteiger partial charge is 0.262 e. The number of aryl methyl sites for hydroxylation is 3. The molecule has 0 spiro atoms. The molecule has 0 fully saturated rings. The van der Waals surface area contributed by atoms with Crippen molar-refractivity contribution in [2.24, 2.45) is 0 Å². The molecule has 0 bridgehead atoms. The lowest BCUT2D eigenvalue weighted by atomic mass is 10.2. The van der Waals surface area contributed by atoms with E-state index < -0.39 is 0 Å². The van der Waals surface area contributed by atoms with E-state index in [2.05, 4.69) is 36.3 Å². The molecule has 160 valence electrons. The molecule has 0 aliphatic rings. The molecule has 4 aromatic rings. The molecule has 31 heavy (non-hydrogen) atoms. The van der Waals surface area contributed by atoms with Crippen LogP contribution in [0.25, 0.3) is 10.9 Å². The minimum atomic E-state index is 0.00315. The van der Waals surface area contributed by atoms with Crippen LogP contribution in [0.5, 0.6) is 0 Å². The minimum Gasteiger partial charge on any atom is -0.287 e. The maximum Gasteiger partial charge on any atom is 0.262 e. The summed E-state index contributed by atoms with van der Waals surface area (Å²) < 4.78 is 3.71. The predicted octanol–water partition coefficient (Wildman–Crippen LogP) is 5.55. The molecule has 0 aliphatic heterocycles. The second-order valence-electron chi connectivity index (χ2n) is 7.70. The van der Waals surface area contributed by atoms with Crippen molar-refractivity contribution in [3.63, 3.8) is 0 Å². The Morgan fingerprint density at radius 1 is 1.00 bits per heavy atom. The first kappa shape index (κ1) is 21.7. The molecule has 2 aromatic carbocycles. The van der Waals surface area contributed by atoms with Crippen LogP contribution in [0.2, 0.25) is 5.02 Å². The lowest BCUT2D eigenvalue weighted by Gasteiger charge is -2.13. The third kappa shape index (κ3) is 4.70. The molecule has 4 rings (SSSR count). The number of aromatic nitrogens is 4. The van der Waals surface area contributed by atoms with Crippen LogP contribution in [0, 0.1) is 20.8 Å². The molecule has 0 radical (unpaired) electrons. The number of rotatable bonds is 7. The lowest BCUT2D eigenvalue weighted by Crippen LogP contribution is -2.24. The van der Waals surface area contributed by atoms with Crippen molar-refractivity contribution in [3.05, 3.63) is 86.4 Å². The van der Waals surface area contributed by atoms with Gasteiger partial charge in [-0.2, -0.15) is 5.10 Å². The van der Waals surface area contributed by atoms with E-state index in [1.807, 2.05) is 42.8 Å². The predicted molar refractivity (Wildman–Crippen MR) is 128 cm³/mol. The quantitative estimate of drug-likeness (QED) is 0.272. The Labute approximate surface area is 191 Å². The Balaban J connectivity index is 1.59. The number of para-hydroxylation sites is 1. The van der Waals surface area contributed by atoms with Crippen molar-refractivity contribution in [2.75, 3.05) is 0 Å². The van der Waals surface area contributed by atoms with Crippen molar-refractivity contribution in [1.82, 2.24) is 19.3 Å². The van der Waals surface area contributed by atoms with Crippen LogP contribution in [0.3, 0.4) is 0 Å². The van der Waals surface area contributed by atoms with E-state index in [4.69, 9.17) is 16.6 Å². The van der Waals surface area contributed by atoms with Gasteiger partial charge in [0.2, 0.25) is 0 Å². The molecule has 0 saturated heterocycles. The molecular weight excluding hydrogens is 428 g/mol. The average Bonchev–Trinajstić information content (AvgIpc) is 3.02. The van der Waals surface area contributed by atoms with E-state index in [-0.39, 0.29) is 5.56 Å². The topological polar surface area (TPSA) is 52.7 Å². The van der Waals surface area contributed by atoms with Crippen molar-refractivity contribution in [2.45, 2.75) is 51.2 Å². The van der Waals surface area contributed by atoms with E-state index in [1.54, 1.807) is 16.3 Å². The molecule has 7 heteroatoms. The second-order valence-corrected chi connectivity index (χ2v) is 9.02. The number of hydrogen-bond acceptors (Lipinski definition) is 4. The fourth-order valence-corrected chi connectivity index (χ4v) is 4.68. The van der Waals surface area contributed by atoms with Crippen LogP contribution in [0.4, 0.5) is 0 Å². The summed E-state index contributed by atoms with van der Waals surface area (Å²) in [6.45, 7) is 7.22. The monoisotopic (exact) mass is 452 g/mol. The van der Waals surface area contributed by atoms with E-state index in [0.717, 1.165) is 34.2 Å². The number of halogens is 1. The third-order valence-electron chi connectivity index (χ3n) is 5.36. The van der Waals surface area contributed by atoms with Crippen LogP contribution in [-0.2, 0) is 18.8 Å². The first-order valence-electron chi connectivity index (χ1n) is 10.3. The molecule has 0 amide bonds. The zero-order valence-electron chi connectivity index (χ0n) is 17.9. The highest BCUT2D eigenvalue weighted by Gasteiger charge is 2.13. The van der Waals surface area contributed by atoms with Gasteiger partial charge in [-0.3, -0.25) is 14.0 Å². The van der Waals surface area contributed by atoms with Crippen LogP contribution < -0.4 is 5.56 Å². The number of nitrogens with zero attached hydrogens (tertiary/aromatic N) is 4. The largest absolute Gasteiger partial charge is 0.287 e. The van der Waals surface area contributed by atoms with Crippen molar-refractivity contribution in [1.29, 1.82) is 0 Å². The normalized spacial score (nSPS) is 11.4. The SMILES string of the molecule is Cc1ccc(CSc2nc3ccccc3c(=O)n2CCCn2nc(C)c(Cl)c2C)cc1. The molecule has 0 atom stereocenters. The highest BCUT2D eigenvalue weighted by atomic mass is 35.5. The molecular formula is C24H25ClN4OS. The Bertz CT molecular complexity index is 1280. The zero-order chi connectivity index (χ0) is 22.0. The van der Waals surface area contributed by atoms with Crippen molar-refractivity contribution >= 4 is 34.3 Å². The standard InChI is InChI=1S/C24H25ClN4OS/c1-16-9-11-19(12-10-16)15-31-24-26-21-8-5-4-7-20(21)23(30)28(24)13-6-14-29-18(3)22(25)17(2)27-29/h4-5,7-12H,6,13-15H2,1-3H3. The molecule has 0 unspecified atom stereocenters. The lowest BCUT2D eigenvalue weighted by molar-refractivity contribution is 0.487. The van der Waals surface area contributed by atoms with Crippen LogP contribution in [0.1, 0.15) is 28.9 Å². The zero-order valence-corrected chi connectivity index (χ0v) is 19.5. The van der Waals surface area contributed by atoms with E-state index >= 15 is 0 Å². The second kappa shape index (κ2) is 9.28. The summed E-state index contributed by atoms with van der Waals surface area (Å²) in [6.07, 6.45) is 0.760. The van der Waals surface area contributed by atoms with Crippen LogP contribution >= 0.6 is 23.4 Å². The van der Waals surface area contributed by atoms with Gasteiger partial charge >= 0.3 is 0 Å². The fraction of sp³-hybridized carbons (Fsp3) is 0.292. The first-order valence-corrected chi connectivity index (χ1v) is 11.7. The maximum absolute atomic E-state index is 13.2. The highest BCUT2D eigenvalue weighted by molar-refractivity contribution is 7.98. The van der Waals surface area contributed by atoms with Crippen LogP contribution in [0.15, 0.2) is 58.5 Å². The Kier molecular flexibility index (Phi) is 6.49. The van der Waals surface area contributed by atoms with Gasteiger partial charge in [-0.05, 0) is 44.9 Å². The minimum absolute atomic E-state index is 0.00315. The van der Waals surface area contributed by atoms with E-state index in [1.165, 1.54) is 11.1 Å². The molecule has 0 N–H and O–H groups in total. The summed E-state index contributed by atoms with van der Waals surface area (Å²) in [5.74, 6) is 0.762. The van der Waals surface area contributed by atoms with Gasteiger partial charge in [-0.15, -0.1) is 0 Å². The summed E-state index contributed by atoms with van der Waals surface area (Å²) in [5.41, 5.74) is 4.97. The Hall–Kier alpha value is -2.57. The number of fused-ring (bicyclic) bond motifs is 1. The van der Waals surface area contributed by atoms with Gasteiger partial charge in [0.25, 0.3) is 5.56 Å². The van der Waals surface area contributed by atoms with Gasteiger partial charge in [0.1, 0.15) is 0 Å². The van der Waals surface area contributed by atoms with Gasteiger partial charge in [-0.25, -0.2) is 4.98 Å². The molecule has 2 aromatic heterocycles. The average molecular weight is 453 g/mol. The van der Waals surface area contributed by atoms with Gasteiger partial charge in [-0.1, -0.05) is 65.3 Å². The van der Waals surface area contributed by atoms with Gasteiger partial charge in [0.15, 0.2) is 5.16 Å². The van der Waals surface area contributed by atoms with Gasteiger partial charge in [0, 0.05) is 18.8 Å². The third-order valence-corrected chi connectivity index (χ3v) is 6.95. The highest BCUT2D eigenvalue weighted by Crippen LogP contribution is 2.23. The summed E-state index contributed by atoms with van der Waals surface area (Å²) >= 11 is 7.87. The molecule has 0 aliphatic carbocycles. The van der Waals surface area contributed by atoms with Gasteiger partial charge < -0.3 is 0 Å². The van der Waals surface area contributed by atoms with Crippen molar-refractivity contribution in [3.8, 4) is 0 Å². The van der Waals surface area contributed by atoms with E-state index in [9.17, 15) is 4.79 Å². The fourth-order valence-electron chi connectivity index (χ4n) is 3.56. The Morgan fingerprint density at radius 2 is 1.74 bits per heavy atom. The summed E-state index contributed by atoms with van der Waals surface area (Å²) in [4.78, 5) is 18.1. The summed E-state index contributed by atoms with van der Waals surface area (Å²) in [6, 6.07) is 16.0. The first-order chi connectivity index (χ1) is 14.9. The maximum atomic E-state index is 13.2. The number of benzene rings is 2.